The Kier molecular flexibility index (Phi) is 5.22. The summed E-state index contributed by atoms with van der Waals surface area (Å²) in [7, 11) is 0. The maximum absolute atomic E-state index is 12.6. The third-order valence-electron chi connectivity index (χ3n) is 2.41. The summed E-state index contributed by atoms with van der Waals surface area (Å²) < 4.78 is 38.3. The van der Waals surface area contributed by atoms with Gasteiger partial charge in [0.25, 0.3) is 0 Å². The Hall–Kier alpha value is -1.24. The van der Waals surface area contributed by atoms with Gasteiger partial charge in [-0.05, 0) is 48.0 Å². The summed E-state index contributed by atoms with van der Waals surface area (Å²) >= 11 is 3.15. The smallest absolute Gasteiger partial charge is 0.373 e. The fraction of sp³-hybridized carbons (Fsp3) is 0.417. The fourth-order valence-corrected chi connectivity index (χ4v) is 1.80. The van der Waals surface area contributed by atoms with Gasteiger partial charge >= 0.3 is 6.18 Å². The maximum atomic E-state index is 12.6. The number of amides is 1. The number of nitrogens with one attached hydrogen (secondary N) is 2. The minimum absolute atomic E-state index is 0.230. The van der Waals surface area contributed by atoms with Crippen molar-refractivity contribution in [2.75, 3.05) is 11.9 Å². The molecule has 3 nitrogen and oxygen atoms in total. The van der Waals surface area contributed by atoms with Gasteiger partial charge < -0.3 is 10.6 Å². The Labute approximate surface area is 117 Å². The van der Waals surface area contributed by atoms with E-state index in [1.54, 1.807) is 13.8 Å². The van der Waals surface area contributed by atoms with Crippen LogP contribution in [0, 0.1) is 0 Å². The molecule has 1 aromatic rings. The van der Waals surface area contributed by atoms with Crippen LogP contribution < -0.4 is 10.6 Å². The van der Waals surface area contributed by atoms with E-state index in [1.807, 2.05) is 0 Å². The minimum Gasteiger partial charge on any atom is -0.373 e. The van der Waals surface area contributed by atoms with Crippen LogP contribution in [0.3, 0.4) is 0 Å². The highest BCUT2D eigenvalue weighted by Gasteiger charge is 2.31. The van der Waals surface area contributed by atoms with E-state index in [2.05, 4.69) is 26.6 Å². The summed E-state index contributed by atoms with van der Waals surface area (Å²) in [5.41, 5.74) is -0.533. The monoisotopic (exact) mass is 338 g/mol. The highest BCUT2D eigenvalue weighted by Crippen LogP contribution is 2.34. The van der Waals surface area contributed by atoms with Crippen LogP contribution in [0.5, 0.6) is 0 Å². The van der Waals surface area contributed by atoms with Crippen molar-refractivity contribution in [3.05, 3.63) is 28.2 Å². The number of rotatable bonds is 4. The molecule has 0 saturated heterocycles. The largest absolute Gasteiger partial charge is 0.416 e. The standard InChI is InChI=1S/C12H14BrF3N2O/c1-3-17-11(19)7(2)18-10-6-8(12(14,15)16)4-5-9(10)13/h4-7,18H,3H2,1-2H3,(H,17,19). The molecule has 0 spiro atoms. The lowest BCUT2D eigenvalue weighted by Crippen LogP contribution is -2.37. The van der Waals surface area contributed by atoms with Gasteiger partial charge in [0.2, 0.25) is 5.91 Å². The first-order valence-corrected chi connectivity index (χ1v) is 6.46. The average Bonchev–Trinajstić information content (AvgIpc) is 2.30. The zero-order valence-electron chi connectivity index (χ0n) is 10.4. The van der Waals surface area contributed by atoms with E-state index in [0.29, 0.717) is 11.0 Å². The quantitative estimate of drug-likeness (QED) is 0.883. The van der Waals surface area contributed by atoms with Crippen LogP contribution in [0.4, 0.5) is 18.9 Å². The third kappa shape index (κ3) is 4.41. The number of carbonyl (C=O) groups is 1. The number of likely N-dealkylation sites (N-methyl/N-ethyl adjacent to an activating group) is 1. The van der Waals surface area contributed by atoms with Crippen LogP contribution in [-0.4, -0.2) is 18.5 Å². The normalized spacial score (nSPS) is 12.9. The number of hydrogen-bond acceptors (Lipinski definition) is 2. The van der Waals surface area contributed by atoms with Gasteiger partial charge in [-0.2, -0.15) is 13.2 Å². The van der Waals surface area contributed by atoms with E-state index in [-0.39, 0.29) is 11.6 Å². The second-order valence-corrected chi connectivity index (χ2v) is 4.81. The van der Waals surface area contributed by atoms with Crippen molar-refractivity contribution in [2.24, 2.45) is 0 Å². The maximum Gasteiger partial charge on any atom is 0.416 e. The molecule has 2 N–H and O–H groups in total. The molecule has 0 heterocycles. The first-order chi connectivity index (χ1) is 8.75. The van der Waals surface area contributed by atoms with Crippen LogP contribution in [0.15, 0.2) is 22.7 Å². The van der Waals surface area contributed by atoms with Crippen molar-refractivity contribution in [1.82, 2.24) is 5.32 Å². The van der Waals surface area contributed by atoms with Crippen molar-refractivity contribution in [3.8, 4) is 0 Å². The summed E-state index contributed by atoms with van der Waals surface area (Å²) in [5.74, 6) is -0.271. The molecule has 1 atom stereocenters. The van der Waals surface area contributed by atoms with Crippen LogP contribution in [0.25, 0.3) is 0 Å². The Bertz CT molecular complexity index is 463. The first kappa shape index (κ1) is 15.8. The van der Waals surface area contributed by atoms with Crippen molar-refractivity contribution in [2.45, 2.75) is 26.1 Å². The van der Waals surface area contributed by atoms with Crippen molar-refractivity contribution >= 4 is 27.5 Å². The lowest BCUT2D eigenvalue weighted by molar-refractivity contribution is -0.137. The molecule has 0 bridgehead atoms. The van der Waals surface area contributed by atoms with Crippen molar-refractivity contribution in [1.29, 1.82) is 0 Å². The molecule has 0 saturated carbocycles. The zero-order chi connectivity index (χ0) is 14.6. The van der Waals surface area contributed by atoms with Crippen molar-refractivity contribution < 1.29 is 18.0 Å². The van der Waals surface area contributed by atoms with Gasteiger partial charge in [0, 0.05) is 16.7 Å². The number of benzene rings is 1. The Morgan fingerprint density at radius 3 is 2.58 bits per heavy atom. The first-order valence-electron chi connectivity index (χ1n) is 5.66. The Morgan fingerprint density at radius 1 is 1.42 bits per heavy atom. The molecule has 0 fully saturated rings. The minimum atomic E-state index is -4.41. The third-order valence-corrected chi connectivity index (χ3v) is 3.10. The Balaban J connectivity index is 2.91. The van der Waals surface area contributed by atoms with Crippen LogP contribution >= 0.6 is 15.9 Å². The molecular weight excluding hydrogens is 325 g/mol. The van der Waals surface area contributed by atoms with Gasteiger partial charge in [-0.15, -0.1) is 0 Å². The fourth-order valence-electron chi connectivity index (χ4n) is 1.44. The number of anilines is 1. The lowest BCUT2D eigenvalue weighted by Gasteiger charge is -2.17. The Morgan fingerprint density at radius 2 is 2.05 bits per heavy atom. The van der Waals surface area contributed by atoms with Gasteiger partial charge in [-0.25, -0.2) is 0 Å². The number of hydrogen-bond donors (Lipinski definition) is 2. The van der Waals surface area contributed by atoms with Gasteiger partial charge in [0.1, 0.15) is 6.04 Å². The molecule has 1 amide bonds. The molecule has 1 unspecified atom stereocenters. The zero-order valence-corrected chi connectivity index (χ0v) is 12.0. The summed E-state index contributed by atoms with van der Waals surface area (Å²) in [5, 5.41) is 5.34. The van der Waals surface area contributed by atoms with E-state index in [4.69, 9.17) is 0 Å². The van der Waals surface area contributed by atoms with Gasteiger partial charge in [-0.3, -0.25) is 4.79 Å². The second kappa shape index (κ2) is 6.27. The van der Waals surface area contributed by atoms with E-state index >= 15 is 0 Å². The lowest BCUT2D eigenvalue weighted by atomic mass is 10.2. The molecule has 0 radical (unpaired) electrons. The number of alkyl halides is 3. The summed E-state index contributed by atoms with van der Waals surface area (Å²) in [6.07, 6.45) is -4.41. The summed E-state index contributed by atoms with van der Waals surface area (Å²) in [6.45, 7) is 3.82. The van der Waals surface area contributed by atoms with Crippen LogP contribution in [0.2, 0.25) is 0 Å². The summed E-state index contributed by atoms with van der Waals surface area (Å²) in [4.78, 5) is 11.5. The summed E-state index contributed by atoms with van der Waals surface area (Å²) in [6, 6.07) is 2.63. The van der Waals surface area contributed by atoms with Gasteiger partial charge in [0.05, 0.1) is 5.56 Å². The predicted octanol–water partition coefficient (Wildman–Crippen LogP) is 3.40. The van der Waals surface area contributed by atoms with E-state index in [0.717, 1.165) is 12.1 Å². The topological polar surface area (TPSA) is 41.1 Å². The van der Waals surface area contributed by atoms with Crippen LogP contribution in [0.1, 0.15) is 19.4 Å². The van der Waals surface area contributed by atoms with E-state index < -0.39 is 17.8 Å². The molecule has 106 valence electrons. The predicted molar refractivity (Wildman–Crippen MR) is 70.9 cm³/mol. The molecule has 0 aliphatic heterocycles. The van der Waals surface area contributed by atoms with Gasteiger partial charge in [-0.1, -0.05) is 0 Å². The number of carbonyl (C=O) groups excluding carboxylic acids is 1. The molecule has 19 heavy (non-hydrogen) atoms. The molecule has 0 aliphatic carbocycles. The molecular formula is C12H14BrF3N2O. The van der Waals surface area contributed by atoms with Gasteiger partial charge in [0.15, 0.2) is 0 Å². The average molecular weight is 339 g/mol. The molecule has 1 rings (SSSR count). The van der Waals surface area contributed by atoms with Crippen LogP contribution in [-0.2, 0) is 11.0 Å². The van der Waals surface area contributed by atoms with E-state index in [9.17, 15) is 18.0 Å². The number of halogens is 4. The SMILES string of the molecule is CCNC(=O)C(C)Nc1cc(C(F)(F)F)ccc1Br. The van der Waals surface area contributed by atoms with E-state index in [1.165, 1.54) is 6.07 Å². The molecule has 0 aliphatic rings. The highest BCUT2D eigenvalue weighted by atomic mass is 79.9. The molecule has 0 aromatic heterocycles. The second-order valence-electron chi connectivity index (χ2n) is 3.95. The molecule has 1 aromatic carbocycles. The van der Waals surface area contributed by atoms with Crippen molar-refractivity contribution in [3.63, 3.8) is 0 Å². The molecule has 7 heteroatoms. The highest BCUT2D eigenvalue weighted by molar-refractivity contribution is 9.10.